The second-order valence-electron chi connectivity index (χ2n) is 4.65. The van der Waals surface area contributed by atoms with E-state index in [0.717, 1.165) is 28.1 Å². The van der Waals surface area contributed by atoms with Crippen LogP contribution in [0.4, 0.5) is 0 Å². The molecule has 1 aliphatic rings. The van der Waals surface area contributed by atoms with Gasteiger partial charge in [0.2, 0.25) is 0 Å². The van der Waals surface area contributed by atoms with Gasteiger partial charge in [0.05, 0.1) is 4.88 Å². The summed E-state index contributed by atoms with van der Waals surface area (Å²) in [4.78, 5) is 14.1. The van der Waals surface area contributed by atoms with E-state index in [4.69, 9.17) is 0 Å². The average molecular weight is 301 g/mol. The number of halogens is 1. The lowest BCUT2D eigenvalue weighted by Gasteiger charge is -2.06. The molecule has 3 heteroatoms. The summed E-state index contributed by atoms with van der Waals surface area (Å²) in [5.41, 5.74) is 0. The average Bonchev–Trinajstić information content (AvgIpc) is 2.84. The summed E-state index contributed by atoms with van der Waals surface area (Å²) in [5.74, 6) is 1.13. The summed E-state index contributed by atoms with van der Waals surface area (Å²) in [5, 5.41) is 0. The van der Waals surface area contributed by atoms with Crippen molar-refractivity contribution in [1.82, 2.24) is 0 Å². The molecule has 0 radical (unpaired) electrons. The first kappa shape index (κ1) is 12.3. The van der Waals surface area contributed by atoms with Gasteiger partial charge < -0.3 is 0 Å². The lowest BCUT2D eigenvalue weighted by molar-refractivity contribution is 0.0977. The second kappa shape index (κ2) is 5.46. The Morgan fingerprint density at radius 2 is 2.19 bits per heavy atom. The zero-order valence-corrected chi connectivity index (χ0v) is 12.0. The molecule has 1 aromatic heterocycles. The Kier molecular flexibility index (Phi) is 4.20. The molecule has 0 aliphatic heterocycles. The van der Waals surface area contributed by atoms with Gasteiger partial charge in [-0.1, -0.05) is 25.7 Å². The highest BCUT2D eigenvalue weighted by Gasteiger charge is 2.18. The van der Waals surface area contributed by atoms with E-state index in [2.05, 4.69) is 15.9 Å². The smallest absolute Gasteiger partial charge is 0.173 e. The minimum Gasteiger partial charge on any atom is -0.293 e. The van der Waals surface area contributed by atoms with E-state index in [9.17, 15) is 4.79 Å². The molecule has 2 rings (SSSR count). The topological polar surface area (TPSA) is 17.1 Å². The summed E-state index contributed by atoms with van der Waals surface area (Å²) >= 11 is 5.07. The number of carbonyl (C=O) groups excluding carboxylic acids is 1. The van der Waals surface area contributed by atoms with Crippen molar-refractivity contribution >= 4 is 33.0 Å². The maximum absolute atomic E-state index is 12.0. The zero-order chi connectivity index (χ0) is 11.5. The Morgan fingerprint density at radius 3 is 2.75 bits per heavy atom. The summed E-state index contributed by atoms with van der Waals surface area (Å²) in [6, 6.07) is 2.04. The van der Waals surface area contributed by atoms with E-state index in [1.807, 2.05) is 13.0 Å². The minimum atomic E-state index is 0.317. The van der Waals surface area contributed by atoms with Gasteiger partial charge in [0.1, 0.15) is 0 Å². The third-order valence-electron chi connectivity index (χ3n) is 3.32. The Hall–Kier alpha value is -0.150. The van der Waals surface area contributed by atoms with Gasteiger partial charge in [-0.15, -0.1) is 11.3 Å². The molecule has 1 nitrogen and oxygen atoms in total. The van der Waals surface area contributed by atoms with Crippen LogP contribution in [-0.2, 0) is 0 Å². The molecule has 0 bridgehead atoms. The quantitative estimate of drug-likeness (QED) is 0.717. The summed E-state index contributed by atoms with van der Waals surface area (Å²) in [6.45, 7) is 2.04. The Labute approximate surface area is 109 Å². The van der Waals surface area contributed by atoms with Crippen molar-refractivity contribution in [2.24, 2.45) is 5.92 Å². The van der Waals surface area contributed by atoms with Crippen molar-refractivity contribution < 1.29 is 4.79 Å². The highest BCUT2D eigenvalue weighted by molar-refractivity contribution is 9.10. The fourth-order valence-corrected chi connectivity index (χ4v) is 4.25. The molecule has 88 valence electrons. The number of aryl methyl sites for hydroxylation is 1. The maximum atomic E-state index is 12.0. The van der Waals surface area contributed by atoms with Crippen LogP contribution in [0, 0.1) is 12.8 Å². The maximum Gasteiger partial charge on any atom is 0.173 e. The SMILES string of the molecule is Cc1cc(Br)c(C(=O)CCC2CCCC2)s1. The van der Waals surface area contributed by atoms with Gasteiger partial charge in [-0.2, -0.15) is 0 Å². The van der Waals surface area contributed by atoms with E-state index >= 15 is 0 Å². The summed E-state index contributed by atoms with van der Waals surface area (Å²) < 4.78 is 0.978. The molecular weight excluding hydrogens is 284 g/mol. The van der Waals surface area contributed by atoms with Crippen LogP contribution in [0.3, 0.4) is 0 Å². The molecule has 0 aromatic carbocycles. The van der Waals surface area contributed by atoms with Gasteiger partial charge in [-0.25, -0.2) is 0 Å². The largest absolute Gasteiger partial charge is 0.293 e. The first-order valence-corrected chi connectivity index (χ1v) is 7.57. The van der Waals surface area contributed by atoms with Gasteiger partial charge >= 0.3 is 0 Å². The van der Waals surface area contributed by atoms with Gasteiger partial charge in [-0.3, -0.25) is 4.79 Å². The number of rotatable bonds is 4. The van der Waals surface area contributed by atoms with Crippen molar-refractivity contribution in [3.63, 3.8) is 0 Å². The van der Waals surface area contributed by atoms with Gasteiger partial charge in [0, 0.05) is 15.8 Å². The Balaban J connectivity index is 1.90. The van der Waals surface area contributed by atoms with Crippen LogP contribution in [0.25, 0.3) is 0 Å². The lowest BCUT2D eigenvalue weighted by Crippen LogP contribution is -2.01. The molecule has 0 atom stereocenters. The highest BCUT2D eigenvalue weighted by atomic mass is 79.9. The molecule has 1 saturated carbocycles. The number of carbonyl (C=O) groups is 1. The van der Waals surface area contributed by atoms with Crippen molar-refractivity contribution in [3.05, 3.63) is 20.3 Å². The molecule has 0 amide bonds. The van der Waals surface area contributed by atoms with Crippen LogP contribution >= 0.6 is 27.3 Å². The number of hydrogen-bond donors (Lipinski definition) is 0. The second-order valence-corrected chi connectivity index (χ2v) is 6.76. The van der Waals surface area contributed by atoms with Crippen molar-refractivity contribution in [2.75, 3.05) is 0 Å². The van der Waals surface area contributed by atoms with Crippen LogP contribution in [0.15, 0.2) is 10.5 Å². The standard InChI is InChI=1S/C13H17BrOS/c1-9-8-11(14)13(16-9)12(15)7-6-10-4-2-3-5-10/h8,10H,2-7H2,1H3. The first-order chi connectivity index (χ1) is 7.66. The van der Waals surface area contributed by atoms with Crippen LogP contribution in [0.1, 0.15) is 53.1 Å². The van der Waals surface area contributed by atoms with Crippen LogP contribution < -0.4 is 0 Å². The predicted octanol–water partition coefficient (Wildman–Crippen LogP) is 4.97. The molecule has 0 unspecified atom stereocenters. The lowest BCUT2D eigenvalue weighted by atomic mass is 10.00. The van der Waals surface area contributed by atoms with Crippen LogP contribution in [0.2, 0.25) is 0 Å². The van der Waals surface area contributed by atoms with E-state index in [1.165, 1.54) is 30.6 Å². The molecule has 1 aromatic rings. The summed E-state index contributed by atoms with van der Waals surface area (Å²) in [7, 11) is 0. The van der Waals surface area contributed by atoms with Crippen molar-refractivity contribution in [1.29, 1.82) is 0 Å². The Bertz CT molecular complexity index is 377. The molecule has 0 spiro atoms. The third kappa shape index (κ3) is 2.95. The molecule has 1 aliphatic carbocycles. The predicted molar refractivity (Wildman–Crippen MR) is 72.3 cm³/mol. The zero-order valence-electron chi connectivity index (χ0n) is 9.59. The van der Waals surface area contributed by atoms with Crippen molar-refractivity contribution in [3.8, 4) is 0 Å². The number of hydrogen-bond acceptors (Lipinski definition) is 2. The Morgan fingerprint density at radius 1 is 1.50 bits per heavy atom. The molecule has 0 N–H and O–H groups in total. The number of thiophene rings is 1. The molecule has 16 heavy (non-hydrogen) atoms. The number of Topliss-reactive ketones (excluding diaryl/α,β-unsaturated/α-hetero) is 1. The van der Waals surface area contributed by atoms with Crippen molar-refractivity contribution in [2.45, 2.75) is 45.4 Å². The first-order valence-electron chi connectivity index (χ1n) is 5.96. The van der Waals surface area contributed by atoms with Gasteiger partial charge in [0.15, 0.2) is 5.78 Å². The van der Waals surface area contributed by atoms with E-state index in [0.29, 0.717) is 5.78 Å². The molecular formula is C13H17BrOS. The minimum absolute atomic E-state index is 0.317. The molecule has 0 saturated heterocycles. The molecule has 1 heterocycles. The highest BCUT2D eigenvalue weighted by Crippen LogP contribution is 2.32. The molecule has 1 fully saturated rings. The van der Waals surface area contributed by atoms with Gasteiger partial charge in [-0.05, 0) is 41.3 Å². The van der Waals surface area contributed by atoms with E-state index < -0.39 is 0 Å². The fourth-order valence-electron chi connectivity index (χ4n) is 2.42. The van der Waals surface area contributed by atoms with Crippen LogP contribution in [0.5, 0.6) is 0 Å². The van der Waals surface area contributed by atoms with E-state index in [-0.39, 0.29) is 0 Å². The third-order valence-corrected chi connectivity index (χ3v) is 5.30. The normalized spacial score (nSPS) is 16.9. The fraction of sp³-hybridized carbons (Fsp3) is 0.615. The van der Waals surface area contributed by atoms with Crippen LogP contribution in [-0.4, -0.2) is 5.78 Å². The number of ketones is 1. The van der Waals surface area contributed by atoms with E-state index in [1.54, 1.807) is 11.3 Å². The van der Waals surface area contributed by atoms with Gasteiger partial charge in [0.25, 0.3) is 0 Å². The summed E-state index contributed by atoms with van der Waals surface area (Å²) in [6.07, 6.45) is 7.20. The monoisotopic (exact) mass is 300 g/mol.